The first-order valence-corrected chi connectivity index (χ1v) is 10.8. The van der Waals surface area contributed by atoms with Crippen LogP contribution in [0.15, 0.2) is 18.3 Å². The predicted molar refractivity (Wildman–Crippen MR) is 110 cm³/mol. The zero-order valence-corrected chi connectivity index (χ0v) is 17.0. The summed E-state index contributed by atoms with van der Waals surface area (Å²) >= 11 is 0. The third-order valence-electron chi connectivity index (χ3n) is 6.94. The van der Waals surface area contributed by atoms with Gasteiger partial charge in [0.1, 0.15) is 5.82 Å². The van der Waals surface area contributed by atoms with Crippen molar-refractivity contribution >= 4 is 17.6 Å². The molecule has 1 aliphatic carbocycles. The maximum absolute atomic E-state index is 12.8. The fourth-order valence-electron chi connectivity index (χ4n) is 5.24. The third kappa shape index (κ3) is 3.33. The van der Waals surface area contributed by atoms with E-state index in [9.17, 15) is 8.78 Å². The van der Waals surface area contributed by atoms with Gasteiger partial charge in [0.2, 0.25) is 5.95 Å². The molecular weight excluding hydrogens is 406 g/mol. The zero-order chi connectivity index (χ0) is 21.1. The minimum atomic E-state index is -2.98. The lowest BCUT2D eigenvalue weighted by Crippen LogP contribution is -2.55. The van der Waals surface area contributed by atoms with E-state index in [1.807, 2.05) is 6.07 Å². The van der Waals surface area contributed by atoms with Crippen LogP contribution < -0.4 is 20.3 Å². The van der Waals surface area contributed by atoms with E-state index in [1.165, 1.54) is 18.9 Å². The standard InChI is InChI=1S/C21H24F2N6O2/c22-20(23)31-17-5-12(7-25-19(17)24)16-6-18(28-9-15-2-1-13(28)10-30-15)27-21(26-16)29-8-11-3-14(29)4-11/h5-7,11,13-15,20H,1-4,8-10H2,(H2,24,25)/t11?,13-,14?,15-/m0/s1. The quantitative estimate of drug-likeness (QED) is 0.775. The molecule has 2 atom stereocenters. The monoisotopic (exact) mass is 430 g/mol. The van der Waals surface area contributed by atoms with Gasteiger partial charge in [-0.25, -0.2) is 9.97 Å². The molecular formula is C21H24F2N6O2. The topological polar surface area (TPSA) is 89.6 Å². The summed E-state index contributed by atoms with van der Waals surface area (Å²) in [7, 11) is 0. The lowest BCUT2D eigenvalue weighted by Gasteiger charge is -2.45. The minimum absolute atomic E-state index is 0.0793. The summed E-state index contributed by atoms with van der Waals surface area (Å²) in [5.74, 6) is 2.01. The number of ether oxygens (including phenoxy) is 2. The van der Waals surface area contributed by atoms with Gasteiger partial charge < -0.3 is 25.0 Å². The first-order chi connectivity index (χ1) is 15.0. The van der Waals surface area contributed by atoms with Gasteiger partial charge >= 0.3 is 6.61 Å². The Hall–Kier alpha value is -2.75. The van der Waals surface area contributed by atoms with E-state index in [0.717, 1.165) is 31.7 Å². The molecule has 31 heavy (non-hydrogen) atoms. The highest BCUT2D eigenvalue weighted by atomic mass is 19.3. The van der Waals surface area contributed by atoms with Gasteiger partial charge in [0, 0.05) is 37.0 Å². The van der Waals surface area contributed by atoms with E-state index in [1.54, 1.807) is 6.20 Å². The van der Waals surface area contributed by atoms with E-state index in [-0.39, 0.29) is 23.7 Å². The number of hydrogen-bond donors (Lipinski definition) is 1. The molecule has 0 aromatic carbocycles. The van der Waals surface area contributed by atoms with Crippen molar-refractivity contribution in [2.24, 2.45) is 5.92 Å². The Labute approximate surface area is 178 Å². The highest BCUT2D eigenvalue weighted by Gasteiger charge is 2.44. The van der Waals surface area contributed by atoms with Crippen molar-refractivity contribution in [2.75, 3.05) is 35.2 Å². The number of hydrogen-bond acceptors (Lipinski definition) is 8. The van der Waals surface area contributed by atoms with Crippen LogP contribution in [-0.4, -0.2) is 59.4 Å². The van der Waals surface area contributed by atoms with Gasteiger partial charge in [-0.2, -0.15) is 13.8 Å². The first-order valence-electron chi connectivity index (χ1n) is 10.8. The molecule has 0 spiro atoms. The van der Waals surface area contributed by atoms with Crippen LogP contribution in [0.2, 0.25) is 0 Å². The van der Waals surface area contributed by atoms with Crippen LogP contribution in [0.5, 0.6) is 5.75 Å². The Kier molecular flexibility index (Phi) is 4.38. The number of nitrogens with two attached hydrogens (primary N) is 1. The number of nitrogens with zero attached hydrogens (tertiary/aromatic N) is 5. The number of halogens is 2. The molecule has 0 amide bonds. The molecule has 4 bridgehead atoms. The minimum Gasteiger partial charge on any atom is -0.431 e. The van der Waals surface area contributed by atoms with Crippen LogP contribution in [0.4, 0.5) is 26.4 Å². The molecule has 1 saturated carbocycles. The lowest BCUT2D eigenvalue weighted by molar-refractivity contribution is -0.0494. The predicted octanol–water partition coefficient (Wildman–Crippen LogP) is 2.69. The Morgan fingerprint density at radius 2 is 1.97 bits per heavy atom. The molecule has 2 N–H and O–H groups in total. The second-order valence-electron chi connectivity index (χ2n) is 8.88. The van der Waals surface area contributed by atoms with Gasteiger partial charge in [0.15, 0.2) is 11.6 Å². The van der Waals surface area contributed by atoms with Crippen LogP contribution in [0.25, 0.3) is 11.3 Å². The molecule has 2 aromatic heterocycles. The van der Waals surface area contributed by atoms with E-state index < -0.39 is 6.61 Å². The fourth-order valence-corrected chi connectivity index (χ4v) is 5.24. The Bertz CT molecular complexity index is 994. The lowest BCUT2D eigenvalue weighted by atomic mass is 9.86. The van der Waals surface area contributed by atoms with Gasteiger partial charge in [-0.1, -0.05) is 0 Å². The number of nitrogen functional groups attached to an aromatic ring is 1. The second-order valence-corrected chi connectivity index (χ2v) is 8.88. The summed E-state index contributed by atoms with van der Waals surface area (Å²) in [5.41, 5.74) is 6.92. The fraction of sp³-hybridized carbons (Fsp3) is 0.571. The van der Waals surface area contributed by atoms with Gasteiger partial charge in [0.25, 0.3) is 0 Å². The molecule has 2 aromatic rings. The van der Waals surface area contributed by atoms with E-state index in [2.05, 4.69) is 19.5 Å². The average Bonchev–Trinajstić information content (AvgIpc) is 3.37. The molecule has 5 aliphatic heterocycles. The van der Waals surface area contributed by atoms with Gasteiger partial charge in [-0.3, -0.25) is 0 Å². The number of aromatic nitrogens is 3. The van der Waals surface area contributed by atoms with Crippen LogP contribution in [0.3, 0.4) is 0 Å². The molecule has 6 fully saturated rings. The SMILES string of the molecule is Nc1ncc(-c2cc(N3C[C@@H]4CC[C@H]3CO4)nc(N3CC4CC3C4)n2)cc1OC(F)F. The number of fused-ring (bicyclic) bond motifs is 4. The molecule has 164 valence electrons. The highest BCUT2D eigenvalue weighted by molar-refractivity contribution is 5.68. The zero-order valence-electron chi connectivity index (χ0n) is 17.0. The molecule has 7 heterocycles. The summed E-state index contributed by atoms with van der Waals surface area (Å²) in [6.45, 7) is -0.519. The Balaban J connectivity index is 1.41. The van der Waals surface area contributed by atoms with Crippen molar-refractivity contribution in [3.63, 3.8) is 0 Å². The normalized spacial score (nSPS) is 28.9. The number of morpholine rings is 1. The van der Waals surface area contributed by atoms with E-state index >= 15 is 0 Å². The molecule has 0 radical (unpaired) electrons. The molecule has 6 aliphatic rings. The van der Waals surface area contributed by atoms with Gasteiger partial charge in [-0.05, 0) is 37.7 Å². The van der Waals surface area contributed by atoms with Crippen LogP contribution in [0, 0.1) is 5.92 Å². The summed E-state index contributed by atoms with van der Waals surface area (Å²) in [4.78, 5) is 18.4. The third-order valence-corrected chi connectivity index (χ3v) is 6.94. The van der Waals surface area contributed by atoms with Crippen LogP contribution >= 0.6 is 0 Å². The second kappa shape index (κ2) is 7.15. The van der Waals surface area contributed by atoms with Crippen molar-refractivity contribution in [3.05, 3.63) is 18.3 Å². The molecule has 10 heteroatoms. The molecule has 0 unspecified atom stereocenters. The number of rotatable bonds is 5. The molecule has 5 saturated heterocycles. The number of piperidine rings is 1. The highest BCUT2D eigenvalue weighted by Crippen LogP contribution is 2.43. The Morgan fingerprint density at radius 3 is 2.61 bits per heavy atom. The molecule has 8 nitrogen and oxygen atoms in total. The summed E-state index contributed by atoms with van der Waals surface area (Å²) < 4.78 is 36.0. The molecule has 8 rings (SSSR count). The van der Waals surface area contributed by atoms with Crippen LogP contribution in [0.1, 0.15) is 25.7 Å². The van der Waals surface area contributed by atoms with Crippen molar-refractivity contribution in [3.8, 4) is 17.0 Å². The maximum atomic E-state index is 12.8. The van der Waals surface area contributed by atoms with Gasteiger partial charge in [-0.15, -0.1) is 0 Å². The summed E-state index contributed by atoms with van der Waals surface area (Å²) in [5, 5.41) is 0. The largest absolute Gasteiger partial charge is 0.431 e. The van der Waals surface area contributed by atoms with Crippen molar-refractivity contribution in [1.29, 1.82) is 0 Å². The maximum Gasteiger partial charge on any atom is 0.387 e. The van der Waals surface area contributed by atoms with E-state index in [4.69, 9.17) is 20.4 Å². The van der Waals surface area contributed by atoms with Gasteiger partial charge in [0.05, 0.1) is 24.4 Å². The van der Waals surface area contributed by atoms with Crippen molar-refractivity contribution in [2.45, 2.75) is 50.5 Å². The average molecular weight is 430 g/mol. The number of alkyl halides is 2. The van der Waals surface area contributed by atoms with Crippen molar-refractivity contribution < 1.29 is 18.3 Å². The first kappa shape index (κ1) is 19.0. The number of pyridine rings is 1. The summed E-state index contributed by atoms with van der Waals surface area (Å²) in [6, 6.07) is 4.15. The van der Waals surface area contributed by atoms with Crippen molar-refractivity contribution in [1.82, 2.24) is 15.0 Å². The summed E-state index contributed by atoms with van der Waals surface area (Å²) in [6.07, 6.45) is 6.26. The van der Waals surface area contributed by atoms with E-state index in [0.29, 0.717) is 35.8 Å². The smallest absolute Gasteiger partial charge is 0.387 e. The van der Waals surface area contributed by atoms with Crippen LogP contribution in [-0.2, 0) is 4.74 Å². The Morgan fingerprint density at radius 1 is 1.10 bits per heavy atom. The number of anilines is 3.